The van der Waals surface area contributed by atoms with Gasteiger partial charge in [0.1, 0.15) is 0 Å². The number of imidazole rings is 1. The molecule has 0 spiro atoms. The third-order valence-corrected chi connectivity index (χ3v) is 5.39. The Labute approximate surface area is 160 Å². The van der Waals surface area contributed by atoms with Gasteiger partial charge in [0.25, 0.3) is 0 Å². The molecule has 0 aliphatic rings. The lowest BCUT2D eigenvalue weighted by Gasteiger charge is -2.08. The number of halogens is 3. The summed E-state index contributed by atoms with van der Waals surface area (Å²) in [5.41, 5.74) is 2.06. The van der Waals surface area contributed by atoms with E-state index in [2.05, 4.69) is 15.1 Å². The van der Waals surface area contributed by atoms with Gasteiger partial charge < -0.3 is 4.98 Å². The van der Waals surface area contributed by atoms with Gasteiger partial charge in [-0.05, 0) is 29.8 Å². The second kappa shape index (κ2) is 7.23. The molecule has 28 heavy (non-hydrogen) atoms. The summed E-state index contributed by atoms with van der Waals surface area (Å²) < 4.78 is 52.6. The smallest absolute Gasteiger partial charge is 0.331 e. The highest BCUT2D eigenvalue weighted by molar-refractivity contribution is 7.84. The Balaban J connectivity index is 1.46. The van der Waals surface area contributed by atoms with Crippen molar-refractivity contribution < 1.29 is 17.4 Å². The van der Waals surface area contributed by atoms with Crippen LogP contribution in [0.25, 0.3) is 11.0 Å². The van der Waals surface area contributed by atoms with Crippen LogP contribution in [0, 0.1) is 0 Å². The zero-order chi connectivity index (χ0) is 19.7. The van der Waals surface area contributed by atoms with Crippen LogP contribution >= 0.6 is 0 Å². The van der Waals surface area contributed by atoms with Crippen LogP contribution in [-0.4, -0.2) is 24.0 Å². The average Bonchev–Trinajstić information content (AvgIpc) is 3.28. The Morgan fingerprint density at radius 3 is 2.68 bits per heavy atom. The fourth-order valence-electron chi connectivity index (χ4n) is 2.86. The lowest BCUT2D eigenvalue weighted by Crippen LogP contribution is -2.07. The lowest BCUT2D eigenvalue weighted by atomic mass is 10.1. The van der Waals surface area contributed by atoms with Gasteiger partial charge in [0.15, 0.2) is 5.16 Å². The predicted octanol–water partition coefficient (Wildman–Crippen LogP) is 4.13. The first-order chi connectivity index (χ1) is 13.4. The summed E-state index contributed by atoms with van der Waals surface area (Å²) in [5, 5.41) is 4.54. The molecule has 0 aliphatic carbocycles. The van der Waals surface area contributed by atoms with E-state index < -0.39 is 22.5 Å². The van der Waals surface area contributed by atoms with Crippen molar-refractivity contribution in [2.75, 3.05) is 0 Å². The van der Waals surface area contributed by atoms with E-state index in [-0.39, 0.29) is 12.3 Å². The highest BCUT2D eigenvalue weighted by Crippen LogP contribution is 2.29. The Morgan fingerprint density at radius 2 is 1.89 bits per heavy atom. The highest BCUT2D eigenvalue weighted by atomic mass is 32.2. The Bertz CT molecular complexity index is 1120. The van der Waals surface area contributed by atoms with Gasteiger partial charge in [-0.1, -0.05) is 24.3 Å². The minimum Gasteiger partial charge on any atom is -0.331 e. The van der Waals surface area contributed by atoms with Crippen LogP contribution in [-0.2, 0) is 29.3 Å². The summed E-state index contributed by atoms with van der Waals surface area (Å²) in [7, 11) is -1.38. The zero-order valence-electron chi connectivity index (χ0n) is 14.5. The molecule has 5 nitrogen and oxygen atoms in total. The molecule has 0 fully saturated rings. The number of aromatic nitrogens is 4. The topological polar surface area (TPSA) is 63.6 Å². The minimum atomic E-state index is -4.38. The van der Waals surface area contributed by atoms with Crippen molar-refractivity contribution in [1.29, 1.82) is 0 Å². The molecular formula is C19H15F3N4OS. The first-order valence-corrected chi connectivity index (χ1v) is 9.71. The summed E-state index contributed by atoms with van der Waals surface area (Å²) in [5.74, 6) is 0.211. The molecule has 1 atom stereocenters. The van der Waals surface area contributed by atoms with Gasteiger partial charge in [-0.25, -0.2) is 4.98 Å². The van der Waals surface area contributed by atoms with Gasteiger partial charge >= 0.3 is 6.18 Å². The van der Waals surface area contributed by atoms with E-state index in [0.717, 1.165) is 23.2 Å². The van der Waals surface area contributed by atoms with E-state index in [9.17, 15) is 17.4 Å². The zero-order valence-corrected chi connectivity index (χ0v) is 15.3. The van der Waals surface area contributed by atoms with Crippen molar-refractivity contribution in [2.24, 2.45) is 0 Å². The van der Waals surface area contributed by atoms with Gasteiger partial charge in [0.05, 0.1) is 45.9 Å². The summed E-state index contributed by atoms with van der Waals surface area (Å²) in [6, 6.07) is 12.5. The summed E-state index contributed by atoms with van der Waals surface area (Å²) in [6.45, 7) is 0.196. The van der Waals surface area contributed by atoms with Gasteiger partial charge in [0.2, 0.25) is 0 Å². The first kappa shape index (κ1) is 18.4. The number of alkyl halides is 3. The van der Waals surface area contributed by atoms with Crippen LogP contribution in [0.1, 0.15) is 16.7 Å². The summed E-state index contributed by atoms with van der Waals surface area (Å²) >= 11 is 0. The van der Waals surface area contributed by atoms with Crippen LogP contribution < -0.4 is 0 Å². The van der Waals surface area contributed by atoms with Gasteiger partial charge in [-0.2, -0.15) is 18.3 Å². The number of H-pyrrole nitrogens is 1. The number of nitrogens with zero attached hydrogens (tertiary/aromatic N) is 3. The fourth-order valence-corrected chi connectivity index (χ4v) is 3.87. The first-order valence-electron chi connectivity index (χ1n) is 8.39. The quantitative estimate of drug-likeness (QED) is 0.544. The number of benzene rings is 2. The molecule has 2 heterocycles. The van der Waals surface area contributed by atoms with Crippen molar-refractivity contribution in [3.05, 3.63) is 77.6 Å². The number of para-hydroxylation sites is 2. The van der Waals surface area contributed by atoms with Gasteiger partial charge in [0, 0.05) is 11.8 Å². The van der Waals surface area contributed by atoms with E-state index in [1.165, 1.54) is 10.7 Å². The van der Waals surface area contributed by atoms with E-state index in [1.807, 2.05) is 24.3 Å². The maximum atomic E-state index is 12.8. The number of hydrogen-bond donors (Lipinski definition) is 1. The molecule has 144 valence electrons. The van der Waals surface area contributed by atoms with Crippen LogP contribution in [0.3, 0.4) is 0 Å². The Kier molecular flexibility index (Phi) is 4.76. The van der Waals surface area contributed by atoms with Crippen molar-refractivity contribution >= 4 is 21.8 Å². The van der Waals surface area contributed by atoms with Crippen molar-refractivity contribution in [1.82, 2.24) is 19.7 Å². The molecule has 1 unspecified atom stereocenters. The van der Waals surface area contributed by atoms with E-state index >= 15 is 0 Å². The normalized spacial score (nSPS) is 13.1. The second-order valence-electron chi connectivity index (χ2n) is 6.29. The third kappa shape index (κ3) is 3.99. The summed E-state index contributed by atoms with van der Waals surface area (Å²) in [6.07, 6.45) is -1.14. The number of nitrogens with one attached hydrogen (secondary N) is 1. The number of aromatic amines is 1. The number of fused-ring (bicyclic) bond motifs is 1. The van der Waals surface area contributed by atoms with Crippen LogP contribution in [0.2, 0.25) is 0 Å². The monoisotopic (exact) mass is 404 g/mol. The minimum absolute atomic E-state index is 0.196. The molecule has 1 N–H and O–H groups in total. The Morgan fingerprint density at radius 1 is 1.07 bits per heavy atom. The van der Waals surface area contributed by atoms with E-state index in [0.29, 0.717) is 16.3 Å². The SMILES string of the molecule is O=S(Cc1cnn(Cc2cccc(C(F)(F)F)c2)c1)c1nc2ccccc2[nH]1. The average molecular weight is 404 g/mol. The predicted molar refractivity (Wildman–Crippen MR) is 99.0 cm³/mol. The second-order valence-corrected chi connectivity index (χ2v) is 7.66. The molecule has 0 bridgehead atoms. The van der Waals surface area contributed by atoms with Crippen molar-refractivity contribution in [3.63, 3.8) is 0 Å². The molecule has 0 saturated carbocycles. The van der Waals surface area contributed by atoms with Crippen LogP contribution in [0.15, 0.2) is 66.1 Å². The summed E-state index contributed by atoms with van der Waals surface area (Å²) in [4.78, 5) is 7.36. The van der Waals surface area contributed by atoms with Gasteiger partial charge in [-0.3, -0.25) is 8.89 Å². The molecule has 9 heteroatoms. The third-order valence-electron chi connectivity index (χ3n) is 4.17. The number of rotatable bonds is 5. The molecule has 0 radical (unpaired) electrons. The number of hydrogen-bond acceptors (Lipinski definition) is 3. The van der Waals surface area contributed by atoms with Crippen molar-refractivity contribution in [3.8, 4) is 0 Å². The Hall–Kier alpha value is -2.94. The molecule has 0 aliphatic heterocycles. The molecule has 0 amide bonds. The van der Waals surface area contributed by atoms with E-state index in [1.54, 1.807) is 18.5 Å². The largest absolute Gasteiger partial charge is 0.416 e. The van der Waals surface area contributed by atoms with Crippen LogP contribution in [0.4, 0.5) is 13.2 Å². The maximum Gasteiger partial charge on any atom is 0.416 e. The maximum absolute atomic E-state index is 12.8. The molecule has 4 rings (SSSR count). The fraction of sp³-hybridized carbons (Fsp3) is 0.158. The van der Waals surface area contributed by atoms with Crippen molar-refractivity contribution in [2.45, 2.75) is 23.6 Å². The van der Waals surface area contributed by atoms with E-state index in [4.69, 9.17) is 0 Å². The lowest BCUT2D eigenvalue weighted by molar-refractivity contribution is -0.137. The molecule has 0 saturated heterocycles. The van der Waals surface area contributed by atoms with Gasteiger partial charge in [-0.15, -0.1) is 0 Å². The molecular weight excluding hydrogens is 389 g/mol. The molecule has 2 aromatic carbocycles. The highest BCUT2D eigenvalue weighted by Gasteiger charge is 2.30. The molecule has 2 aromatic heterocycles. The molecule has 4 aromatic rings. The van der Waals surface area contributed by atoms with Crippen LogP contribution in [0.5, 0.6) is 0 Å². The standard InChI is InChI=1S/C19H15F3N4OS/c20-19(21,22)15-5-3-4-13(8-15)10-26-11-14(9-23-26)12-28(27)18-24-16-6-1-2-7-17(16)25-18/h1-9,11H,10,12H2,(H,24,25).